The molecule has 0 amide bonds. The molecule has 2 heteroatoms. The van der Waals surface area contributed by atoms with Gasteiger partial charge in [0.1, 0.15) is 12.4 Å². The maximum atomic E-state index is 5.85. The molecule has 0 saturated heterocycles. The second kappa shape index (κ2) is 7.68. The predicted molar refractivity (Wildman–Crippen MR) is 85.6 cm³/mol. The van der Waals surface area contributed by atoms with Gasteiger partial charge in [0.2, 0.25) is 0 Å². The molecule has 1 N–H and O–H groups in total. The summed E-state index contributed by atoms with van der Waals surface area (Å²) in [4.78, 5) is 0. The molecule has 0 heterocycles. The number of hydrogen-bond donors (Lipinski definition) is 1. The first-order valence-electron chi connectivity index (χ1n) is 8.13. The summed E-state index contributed by atoms with van der Waals surface area (Å²) in [6.45, 7) is 8.35. The van der Waals surface area contributed by atoms with Gasteiger partial charge in [0.05, 0.1) is 0 Å². The lowest BCUT2D eigenvalue weighted by Crippen LogP contribution is -2.34. The van der Waals surface area contributed by atoms with E-state index in [9.17, 15) is 0 Å². The Morgan fingerprint density at radius 2 is 1.95 bits per heavy atom. The zero-order chi connectivity index (χ0) is 14.4. The molecule has 0 aromatic heterocycles. The molecule has 1 aromatic carbocycles. The summed E-state index contributed by atoms with van der Waals surface area (Å²) < 4.78 is 5.85. The Morgan fingerprint density at radius 1 is 1.20 bits per heavy atom. The van der Waals surface area contributed by atoms with Crippen LogP contribution < -0.4 is 10.1 Å². The first-order valence-corrected chi connectivity index (χ1v) is 8.13. The molecule has 0 aliphatic heterocycles. The van der Waals surface area contributed by atoms with Gasteiger partial charge >= 0.3 is 0 Å². The van der Waals surface area contributed by atoms with Crippen molar-refractivity contribution in [2.45, 2.75) is 64.8 Å². The molecule has 0 atom stereocenters. The highest BCUT2D eigenvalue weighted by Gasteiger charge is 2.12. The summed E-state index contributed by atoms with van der Waals surface area (Å²) in [5.74, 6) is 1.58. The Balaban J connectivity index is 1.72. The quantitative estimate of drug-likeness (QED) is 0.776. The van der Waals surface area contributed by atoms with E-state index in [0.29, 0.717) is 5.92 Å². The average Bonchev–Trinajstić information content (AvgIpc) is 2.44. The summed E-state index contributed by atoms with van der Waals surface area (Å²) in [5, 5.41) is 3.61. The first-order chi connectivity index (χ1) is 9.66. The Morgan fingerprint density at radius 3 is 2.60 bits per heavy atom. The molecule has 2 nitrogen and oxygen atoms in total. The number of aryl methyl sites for hydroxylation is 1. The third kappa shape index (κ3) is 4.52. The fourth-order valence-corrected chi connectivity index (χ4v) is 3.12. The summed E-state index contributed by atoms with van der Waals surface area (Å²) in [7, 11) is 0. The van der Waals surface area contributed by atoms with Gasteiger partial charge in [-0.3, -0.25) is 0 Å². The van der Waals surface area contributed by atoms with Gasteiger partial charge in [-0.05, 0) is 48.9 Å². The van der Waals surface area contributed by atoms with Crippen LogP contribution in [0, 0.1) is 6.92 Å². The van der Waals surface area contributed by atoms with Crippen molar-refractivity contribution in [2.24, 2.45) is 0 Å². The van der Waals surface area contributed by atoms with Crippen LogP contribution in [0.4, 0.5) is 0 Å². The number of benzene rings is 1. The van der Waals surface area contributed by atoms with Crippen LogP contribution in [0.2, 0.25) is 0 Å². The van der Waals surface area contributed by atoms with Crippen LogP contribution in [0.25, 0.3) is 0 Å². The van der Waals surface area contributed by atoms with Gasteiger partial charge in [-0.15, -0.1) is 0 Å². The van der Waals surface area contributed by atoms with Crippen LogP contribution >= 0.6 is 0 Å². The molecule has 20 heavy (non-hydrogen) atoms. The van der Waals surface area contributed by atoms with E-state index in [1.165, 1.54) is 43.2 Å². The third-order valence-electron chi connectivity index (χ3n) is 4.27. The smallest absolute Gasteiger partial charge is 0.119 e. The van der Waals surface area contributed by atoms with Crippen molar-refractivity contribution >= 4 is 0 Å². The van der Waals surface area contributed by atoms with Crippen molar-refractivity contribution in [1.29, 1.82) is 0 Å². The van der Waals surface area contributed by atoms with Crippen LogP contribution in [0.1, 0.15) is 63.0 Å². The van der Waals surface area contributed by atoms with E-state index in [2.05, 4.69) is 44.3 Å². The topological polar surface area (TPSA) is 21.3 Å². The molecule has 1 aliphatic carbocycles. The lowest BCUT2D eigenvalue weighted by atomic mass is 9.96. The van der Waals surface area contributed by atoms with Crippen molar-refractivity contribution in [2.75, 3.05) is 13.2 Å². The van der Waals surface area contributed by atoms with Gasteiger partial charge in [-0.25, -0.2) is 0 Å². The van der Waals surface area contributed by atoms with E-state index in [-0.39, 0.29) is 0 Å². The highest BCUT2D eigenvalue weighted by Crippen LogP contribution is 2.23. The zero-order valence-corrected chi connectivity index (χ0v) is 13.2. The highest BCUT2D eigenvalue weighted by molar-refractivity contribution is 5.36. The number of hydrogen-bond acceptors (Lipinski definition) is 2. The van der Waals surface area contributed by atoms with Crippen LogP contribution in [0.15, 0.2) is 18.2 Å². The second-order valence-electron chi connectivity index (χ2n) is 6.31. The molecule has 1 aromatic rings. The van der Waals surface area contributed by atoms with Crippen molar-refractivity contribution in [1.82, 2.24) is 5.32 Å². The number of ether oxygens (including phenoxy) is 1. The SMILES string of the molecule is Cc1cc(OCCNC2CCCCC2)ccc1C(C)C. The van der Waals surface area contributed by atoms with Gasteiger partial charge in [0, 0.05) is 12.6 Å². The van der Waals surface area contributed by atoms with E-state index >= 15 is 0 Å². The third-order valence-corrected chi connectivity index (χ3v) is 4.27. The van der Waals surface area contributed by atoms with Crippen molar-refractivity contribution in [3.8, 4) is 5.75 Å². The van der Waals surface area contributed by atoms with Crippen molar-refractivity contribution < 1.29 is 4.74 Å². The Labute approximate surface area is 123 Å². The van der Waals surface area contributed by atoms with Crippen LogP contribution in [-0.4, -0.2) is 19.2 Å². The van der Waals surface area contributed by atoms with E-state index in [1.54, 1.807) is 0 Å². The number of nitrogens with one attached hydrogen (secondary N) is 1. The summed E-state index contributed by atoms with van der Waals surface area (Å²) in [5.41, 5.74) is 2.75. The molecule has 0 bridgehead atoms. The van der Waals surface area contributed by atoms with Gasteiger partial charge < -0.3 is 10.1 Å². The van der Waals surface area contributed by atoms with Crippen LogP contribution in [0.5, 0.6) is 5.75 Å². The fraction of sp³-hybridized carbons (Fsp3) is 0.667. The molecular weight excluding hydrogens is 246 g/mol. The van der Waals surface area contributed by atoms with E-state index in [4.69, 9.17) is 4.74 Å². The number of rotatable bonds is 6. The molecule has 0 spiro atoms. The minimum atomic E-state index is 0.581. The van der Waals surface area contributed by atoms with Crippen LogP contribution in [-0.2, 0) is 0 Å². The standard InChI is InChI=1S/C18H29NO/c1-14(2)18-10-9-17(13-15(18)3)20-12-11-19-16-7-5-4-6-8-16/h9-10,13-14,16,19H,4-8,11-12H2,1-3H3. The molecule has 0 radical (unpaired) electrons. The molecule has 1 fully saturated rings. The van der Waals surface area contributed by atoms with Crippen molar-refractivity contribution in [3.05, 3.63) is 29.3 Å². The monoisotopic (exact) mass is 275 g/mol. The first kappa shape index (κ1) is 15.4. The Kier molecular flexibility index (Phi) is 5.90. The van der Waals surface area contributed by atoms with Gasteiger partial charge in [-0.1, -0.05) is 39.2 Å². The minimum absolute atomic E-state index is 0.581. The van der Waals surface area contributed by atoms with Crippen LogP contribution in [0.3, 0.4) is 0 Å². The largest absolute Gasteiger partial charge is 0.492 e. The predicted octanol–water partition coefficient (Wildman–Crippen LogP) is 4.42. The van der Waals surface area contributed by atoms with E-state index in [0.717, 1.165) is 24.9 Å². The Bertz CT molecular complexity index is 408. The Hall–Kier alpha value is -1.02. The molecule has 2 rings (SSSR count). The normalized spacial score (nSPS) is 16.6. The molecule has 1 aliphatic rings. The molecule has 0 unspecified atom stereocenters. The lowest BCUT2D eigenvalue weighted by molar-refractivity contribution is 0.289. The molecule has 1 saturated carbocycles. The maximum Gasteiger partial charge on any atom is 0.119 e. The second-order valence-corrected chi connectivity index (χ2v) is 6.31. The molecule has 112 valence electrons. The van der Waals surface area contributed by atoms with Gasteiger partial charge in [0.15, 0.2) is 0 Å². The lowest BCUT2D eigenvalue weighted by Gasteiger charge is -2.22. The highest BCUT2D eigenvalue weighted by atomic mass is 16.5. The van der Waals surface area contributed by atoms with E-state index < -0.39 is 0 Å². The van der Waals surface area contributed by atoms with Gasteiger partial charge in [-0.2, -0.15) is 0 Å². The average molecular weight is 275 g/mol. The minimum Gasteiger partial charge on any atom is -0.492 e. The fourth-order valence-electron chi connectivity index (χ4n) is 3.12. The zero-order valence-electron chi connectivity index (χ0n) is 13.2. The summed E-state index contributed by atoms with van der Waals surface area (Å²) >= 11 is 0. The summed E-state index contributed by atoms with van der Waals surface area (Å²) in [6, 6.07) is 7.18. The summed E-state index contributed by atoms with van der Waals surface area (Å²) in [6.07, 6.45) is 6.85. The van der Waals surface area contributed by atoms with E-state index in [1.807, 2.05) is 0 Å². The van der Waals surface area contributed by atoms with Gasteiger partial charge in [0.25, 0.3) is 0 Å². The van der Waals surface area contributed by atoms with Crippen molar-refractivity contribution in [3.63, 3.8) is 0 Å². The maximum absolute atomic E-state index is 5.85. The molecular formula is C18H29NO.